The van der Waals surface area contributed by atoms with Gasteiger partial charge < -0.3 is 46.3 Å². The largest absolute Gasteiger partial charge is 0.379 e. The molecule has 12 aromatic rings. The summed E-state index contributed by atoms with van der Waals surface area (Å²) in [6.07, 6.45) is 0. The number of para-hydroxylation sites is 5. The lowest BCUT2D eigenvalue weighted by Gasteiger charge is -2.32. The summed E-state index contributed by atoms with van der Waals surface area (Å²) >= 11 is 0. The molecule has 4 aliphatic heterocycles. The zero-order valence-electron chi connectivity index (χ0n) is 75.3. The van der Waals surface area contributed by atoms with Gasteiger partial charge in [0.1, 0.15) is 30.3 Å². The maximum Gasteiger partial charge on any atom is 0.255 e. The number of ether oxygens (including phenoxy) is 2. The first-order chi connectivity index (χ1) is 64.7. The maximum absolute atomic E-state index is 13.1. The molecule has 135 heavy (non-hydrogen) atoms. The Morgan fingerprint density at radius 3 is 1.02 bits per heavy atom. The fourth-order valence-electron chi connectivity index (χ4n) is 14.5. The Labute approximate surface area is 788 Å². The van der Waals surface area contributed by atoms with Crippen molar-refractivity contribution in [3.8, 4) is 11.1 Å². The van der Waals surface area contributed by atoms with Gasteiger partial charge in [0.25, 0.3) is 29.5 Å². The predicted molar refractivity (Wildman–Crippen MR) is 521 cm³/mol. The van der Waals surface area contributed by atoms with E-state index in [9.17, 15) is 70.5 Å². The third-order valence-electron chi connectivity index (χ3n) is 22.2. The number of sulfonamides is 5. The first-order valence-corrected chi connectivity index (χ1v) is 50.6. The zero-order valence-corrected chi connectivity index (χ0v) is 79.4. The molecule has 4 heterocycles. The zero-order chi connectivity index (χ0) is 96.5. The van der Waals surface area contributed by atoms with E-state index in [0.29, 0.717) is 132 Å². The van der Waals surface area contributed by atoms with Crippen LogP contribution in [0.2, 0.25) is 0 Å². The number of halogens is 1. The monoisotopic (exact) mass is 1930 g/mol. The molecule has 4 aliphatic rings. The summed E-state index contributed by atoms with van der Waals surface area (Å²) in [6.45, 7) is 14.5. The van der Waals surface area contributed by atoms with Gasteiger partial charge in [-0.15, -0.1) is 0 Å². The van der Waals surface area contributed by atoms with Crippen LogP contribution in [0.15, 0.2) is 328 Å². The van der Waals surface area contributed by atoms with Crippen LogP contribution < -0.4 is 31.9 Å². The minimum Gasteiger partial charge on any atom is -0.379 e. The molecule has 1 atom stereocenters. The second kappa shape index (κ2) is 47.0. The van der Waals surface area contributed by atoms with Crippen LogP contribution in [0.25, 0.3) is 11.1 Å². The second-order valence-corrected chi connectivity index (χ2v) is 41.6. The number of rotatable bonds is 23. The fraction of sp³-hybridized carbons (Fsp3) is 0.230. The third-order valence-corrected chi connectivity index (χ3v) is 32.0. The topological polar surface area (TPSA) is 366 Å². The number of aryl methyl sites for hydroxylation is 3. The van der Waals surface area contributed by atoms with Gasteiger partial charge in [0, 0.05) is 119 Å². The Morgan fingerprint density at radius 2 is 0.644 bits per heavy atom. The average molecular weight is 1930 g/mol. The van der Waals surface area contributed by atoms with Crippen LogP contribution in [0.1, 0.15) is 81.0 Å². The van der Waals surface area contributed by atoms with E-state index in [-0.39, 0.29) is 83.3 Å². The van der Waals surface area contributed by atoms with E-state index in [1.54, 1.807) is 140 Å². The number of likely N-dealkylation sites (N-methyl/N-ethyl adjacent to an activating group) is 1. The molecular formula is C100H107FN12O17S5. The Hall–Kier alpha value is -12.7. The van der Waals surface area contributed by atoms with Crippen LogP contribution in [-0.4, -0.2) is 217 Å². The molecule has 706 valence electrons. The van der Waals surface area contributed by atoms with Gasteiger partial charge >= 0.3 is 0 Å². The van der Waals surface area contributed by atoms with Gasteiger partial charge in [0.05, 0.1) is 54.9 Å². The molecule has 0 spiro atoms. The van der Waals surface area contributed by atoms with Crippen molar-refractivity contribution in [3.05, 3.63) is 359 Å². The quantitative estimate of drug-likeness (QED) is 0.0346. The smallest absolute Gasteiger partial charge is 0.255 e. The van der Waals surface area contributed by atoms with Crippen molar-refractivity contribution in [3.63, 3.8) is 0 Å². The number of piperazine rings is 2. The van der Waals surface area contributed by atoms with E-state index < -0.39 is 61.8 Å². The number of morpholine rings is 2. The van der Waals surface area contributed by atoms with Crippen molar-refractivity contribution in [2.75, 3.05) is 139 Å². The lowest BCUT2D eigenvalue weighted by atomic mass is 10.0. The molecule has 0 bridgehead atoms. The molecular weight excluding hydrogens is 1820 g/mol. The molecule has 1 unspecified atom stereocenters. The Kier molecular flexibility index (Phi) is 35.3. The number of anilines is 5. The molecule has 29 nitrogen and oxygen atoms in total. The highest BCUT2D eigenvalue weighted by molar-refractivity contribution is 7.90. The van der Waals surface area contributed by atoms with E-state index in [4.69, 9.17) is 9.47 Å². The van der Waals surface area contributed by atoms with E-state index in [1.165, 1.54) is 83.2 Å². The van der Waals surface area contributed by atoms with Crippen LogP contribution in [0.5, 0.6) is 0 Å². The van der Waals surface area contributed by atoms with Gasteiger partial charge in [0.2, 0.25) is 50.1 Å². The number of amides is 5. The lowest BCUT2D eigenvalue weighted by molar-refractivity contribution is 0.0393. The molecule has 0 saturated carbocycles. The summed E-state index contributed by atoms with van der Waals surface area (Å²) in [7, 11) is -15.2. The van der Waals surface area contributed by atoms with Crippen molar-refractivity contribution < 1.29 is 79.9 Å². The van der Waals surface area contributed by atoms with Crippen LogP contribution in [0.3, 0.4) is 0 Å². The van der Waals surface area contributed by atoms with Gasteiger partial charge in [-0.3, -0.25) is 24.0 Å². The van der Waals surface area contributed by atoms with Crippen molar-refractivity contribution in [2.24, 2.45) is 0 Å². The van der Waals surface area contributed by atoms with Gasteiger partial charge in [0.15, 0.2) is 0 Å². The van der Waals surface area contributed by atoms with E-state index >= 15 is 0 Å². The molecule has 0 radical (unpaired) electrons. The van der Waals surface area contributed by atoms with Crippen LogP contribution in [0, 0.1) is 26.6 Å². The highest BCUT2D eigenvalue weighted by Crippen LogP contribution is 2.33. The molecule has 35 heteroatoms. The Bertz CT molecular complexity index is 6710. The second-order valence-electron chi connectivity index (χ2n) is 32.0. The number of hydrogen-bond donors (Lipinski definition) is 6. The van der Waals surface area contributed by atoms with Crippen molar-refractivity contribution in [1.29, 1.82) is 0 Å². The summed E-state index contributed by atoms with van der Waals surface area (Å²) in [5.41, 5.74) is 9.50. The summed E-state index contributed by atoms with van der Waals surface area (Å²) in [5.74, 6) is -2.34. The molecule has 16 rings (SSSR count). The molecule has 4 saturated heterocycles. The fourth-order valence-corrected chi connectivity index (χ4v) is 22.3. The van der Waals surface area contributed by atoms with Crippen LogP contribution >= 0.6 is 0 Å². The number of nitrogens with zero attached hydrogens (tertiary/aromatic N) is 6. The van der Waals surface area contributed by atoms with Gasteiger partial charge in [-0.25, -0.2) is 46.5 Å². The first-order valence-electron chi connectivity index (χ1n) is 43.4. The molecule has 12 aromatic carbocycles. The van der Waals surface area contributed by atoms with Crippen molar-refractivity contribution in [2.45, 2.75) is 64.8 Å². The van der Waals surface area contributed by atoms with Crippen molar-refractivity contribution >= 4 is 108 Å². The number of nitrogens with one attached hydrogen (secondary N) is 6. The highest BCUT2D eigenvalue weighted by atomic mass is 32.2. The summed E-state index contributed by atoms with van der Waals surface area (Å²) < 4.78 is 161. The molecule has 0 aromatic heterocycles. The minimum absolute atomic E-state index is 0.0103. The van der Waals surface area contributed by atoms with E-state index in [2.05, 4.69) is 36.8 Å². The van der Waals surface area contributed by atoms with Crippen LogP contribution in [-0.2, 0) is 66.1 Å². The highest BCUT2D eigenvalue weighted by Gasteiger charge is 2.36. The number of benzene rings is 12. The predicted octanol–water partition coefficient (Wildman–Crippen LogP) is 14.2. The number of hydrogen-bond acceptors (Lipinski definition) is 19. The van der Waals surface area contributed by atoms with Gasteiger partial charge in [-0.1, -0.05) is 187 Å². The SMILES string of the molecule is CN(Cc1ccccc1)S(=O)(=O)c1ccccc1NC(=O)c1ccc(F)cc1.Cc1ccc(C(=O)Nc2ccccc2S(=O)(=O)N2CCN(C)CC2)cc1.Cc1ccc(C(=O)Nc2ccccc2S(=O)(=O)N2CCNCC2)cc1.Cc1ccc(C(=O)Nc2ccccc2S(=O)(=O)N2CCOCC2C)cc1.O=C(Nc1ccccc1S(=O)(=O)N1CCOCC1)c1ccc(-c2ccccc2)cc1. The third kappa shape index (κ3) is 26.9. The summed E-state index contributed by atoms with van der Waals surface area (Å²) in [6, 6.07) is 84.7. The molecule has 5 amide bonds. The Balaban J connectivity index is 0.000000152. The van der Waals surface area contributed by atoms with Crippen LogP contribution in [0.4, 0.5) is 32.8 Å². The van der Waals surface area contributed by atoms with Gasteiger partial charge in [-0.05, 0) is 185 Å². The van der Waals surface area contributed by atoms with E-state index in [0.717, 1.165) is 33.4 Å². The molecule has 0 aliphatic carbocycles. The van der Waals surface area contributed by atoms with Gasteiger partial charge in [-0.2, -0.15) is 21.5 Å². The summed E-state index contributed by atoms with van der Waals surface area (Å²) in [5, 5.41) is 16.7. The van der Waals surface area contributed by atoms with Crippen molar-refractivity contribution in [1.82, 2.24) is 31.7 Å². The average Bonchev–Trinajstić information content (AvgIpc) is 0.776. The normalized spacial score (nSPS) is 15.3. The maximum atomic E-state index is 13.1. The number of carbonyl (C=O) groups is 5. The molecule has 6 N–H and O–H groups in total. The van der Waals surface area contributed by atoms with E-state index in [1.807, 2.05) is 144 Å². The minimum atomic E-state index is -3.84. The lowest BCUT2D eigenvalue weighted by Crippen LogP contribution is -2.47. The molecule has 4 fully saturated rings. The Morgan fingerprint density at radius 1 is 0.348 bits per heavy atom. The standard InChI is InChI=1S/C23H22N2O4S.C21H19FN2O3S.C19H23N3O3S.C19H22N2O4S.C18H21N3O3S/c26-23(20-12-10-19(11-13-20)18-6-2-1-3-7-18)24-21-8-4-5-9-22(21)30(27,28)25-14-16-29-17-15-25;1-24(15-16-7-3-2-4-8-16)28(26,27)20-10-6-5-9-19(20)23-21(25)17-11-13-18(22)14-12-17;1-15-7-9-16(10-8-15)19(23)20-17-5-3-4-6-18(17)26(24,25)22-13-11-21(2)12-14-22;1-14-7-9-16(10-8-14)19(22)20-17-5-3-4-6-18(17)26(23,24)21-11-12-25-13-15(21)2;1-14-6-8-15(9-7-14)18(22)20-16-4-2-3-5-17(16)25(23,24)21-12-10-19-11-13-21/h1-13H,14-17H2,(H,24,26);2-14H,15H2,1H3,(H,23,25);3-10H,11-14H2,1-2H3,(H,20,23);3-10,15H,11-13H2,1-2H3,(H,20,22);2-9,19H,10-13H2,1H3,(H,20,22). The summed E-state index contributed by atoms with van der Waals surface area (Å²) in [4.78, 5) is 65.2. The number of carbonyl (C=O) groups excluding carboxylic acids is 5. The first kappa shape index (κ1) is 101.